The zero-order chi connectivity index (χ0) is 13.9. The molecule has 21 heavy (non-hydrogen) atoms. The van der Waals surface area contributed by atoms with Gasteiger partial charge in [0.1, 0.15) is 0 Å². The maximum Gasteiger partial charge on any atom is 0.0181 e. The normalized spacial score (nSPS) is 13.1. The molecule has 0 amide bonds. The van der Waals surface area contributed by atoms with Crippen molar-refractivity contribution in [2.75, 3.05) is 6.54 Å². The summed E-state index contributed by atoms with van der Waals surface area (Å²) < 4.78 is 0. The van der Waals surface area contributed by atoms with Crippen LogP contribution in [0.5, 0.6) is 0 Å². The Morgan fingerprint density at radius 3 is 2.48 bits per heavy atom. The molecule has 1 nitrogen and oxygen atoms in total. The van der Waals surface area contributed by atoms with Crippen LogP contribution in [-0.2, 0) is 6.42 Å². The molecule has 0 bridgehead atoms. The summed E-state index contributed by atoms with van der Waals surface area (Å²) in [6.07, 6.45) is 4.51. The Morgan fingerprint density at radius 2 is 1.76 bits per heavy atom. The van der Waals surface area contributed by atoms with Gasteiger partial charge in [-0.3, -0.25) is 0 Å². The molecule has 2 N–H and O–H groups in total. The van der Waals surface area contributed by atoms with E-state index >= 15 is 0 Å². The number of allylic oxidation sites excluding steroid dienone is 1. The molecule has 2 aromatic carbocycles. The summed E-state index contributed by atoms with van der Waals surface area (Å²) >= 11 is 1.83. The average Bonchev–Trinajstić information content (AvgIpc) is 2.49. The second-order valence-corrected chi connectivity index (χ2v) is 6.35. The third-order valence-electron chi connectivity index (χ3n) is 3.70. The summed E-state index contributed by atoms with van der Waals surface area (Å²) in [6, 6.07) is 15.5. The van der Waals surface area contributed by atoms with Gasteiger partial charge < -0.3 is 5.73 Å². The van der Waals surface area contributed by atoms with Gasteiger partial charge in [-0.25, -0.2) is 0 Å². The first-order chi connectivity index (χ1) is 9.76. The average molecular weight is 318 g/mol. The van der Waals surface area contributed by atoms with Crippen LogP contribution in [-0.4, -0.2) is 6.54 Å². The maximum absolute atomic E-state index is 5.82. The largest absolute Gasteiger partial charge is 0.326 e. The van der Waals surface area contributed by atoms with Crippen LogP contribution in [0.2, 0.25) is 0 Å². The van der Waals surface area contributed by atoms with Crippen molar-refractivity contribution >= 4 is 29.7 Å². The van der Waals surface area contributed by atoms with Crippen LogP contribution in [0.25, 0.3) is 5.57 Å². The molecule has 0 heterocycles. The Balaban J connectivity index is 0.00000161. The van der Waals surface area contributed by atoms with Crippen LogP contribution in [0.3, 0.4) is 0 Å². The smallest absolute Gasteiger partial charge is 0.0181 e. The summed E-state index contributed by atoms with van der Waals surface area (Å²) in [5.41, 5.74) is 11.2. The SMILES string of the molecule is Cc1ccc(Sc2ccc3c(c2)CCC=C3CN)cc1.Cl. The van der Waals surface area contributed by atoms with E-state index < -0.39 is 0 Å². The fraction of sp³-hybridized carbons (Fsp3) is 0.222. The molecule has 0 aromatic heterocycles. The Morgan fingerprint density at radius 1 is 1.05 bits per heavy atom. The third-order valence-corrected chi connectivity index (χ3v) is 4.70. The molecule has 2 aromatic rings. The molecule has 1 aliphatic rings. The minimum Gasteiger partial charge on any atom is -0.326 e. The zero-order valence-corrected chi connectivity index (χ0v) is 13.8. The van der Waals surface area contributed by atoms with Gasteiger partial charge in [0.2, 0.25) is 0 Å². The van der Waals surface area contributed by atoms with Crippen LogP contribution in [0.15, 0.2) is 58.3 Å². The number of aryl methyl sites for hydroxylation is 2. The molecule has 0 aliphatic heterocycles. The Hall–Kier alpha value is -1.22. The van der Waals surface area contributed by atoms with E-state index in [0.29, 0.717) is 6.54 Å². The van der Waals surface area contributed by atoms with Crippen molar-refractivity contribution in [1.82, 2.24) is 0 Å². The summed E-state index contributed by atoms with van der Waals surface area (Å²) in [7, 11) is 0. The van der Waals surface area contributed by atoms with E-state index in [0.717, 1.165) is 12.8 Å². The summed E-state index contributed by atoms with van der Waals surface area (Å²) in [6.45, 7) is 2.76. The van der Waals surface area contributed by atoms with E-state index in [4.69, 9.17) is 5.73 Å². The van der Waals surface area contributed by atoms with E-state index in [1.54, 1.807) is 0 Å². The summed E-state index contributed by atoms with van der Waals surface area (Å²) in [5.74, 6) is 0. The predicted molar refractivity (Wildman–Crippen MR) is 94.3 cm³/mol. The van der Waals surface area contributed by atoms with Crippen molar-refractivity contribution in [1.29, 1.82) is 0 Å². The number of nitrogens with two attached hydrogens (primary N) is 1. The van der Waals surface area contributed by atoms with Gasteiger partial charge in [0, 0.05) is 16.3 Å². The van der Waals surface area contributed by atoms with E-state index in [-0.39, 0.29) is 12.4 Å². The van der Waals surface area contributed by atoms with E-state index in [9.17, 15) is 0 Å². The molecule has 0 unspecified atom stereocenters. The number of hydrogen-bond donors (Lipinski definition) is 1. The second kappa shape index (κ2) is 7.17. The lowest BCUT2D eigenvalue weighted by Gasteiger charge is -2.17. The van der Waals surface area contributed by atoms with Crippen LogP contribution in [0, 0.1) is 6.92 Å². The monoisotopic (exact) mass is 317 g/mol. The molecule has 0 atom stereocenters. The predicted octanol–water partition coefficient (Wildman–Crippen LogP) is 4.86. The molecule has 0 saturated heterocycles. The molecular formula is C18H20ClNS. The maximum atomic E-state index is 5.82. The highest BCUT2D eigenvalue weighted by molar-refractivity contribution is 7.99. The Bertz CT molecular complexity index is 647. The van der Waals surface area contributed by atoms with Crippen molar-refractivity contribution in [2.24, 2.45) is 5.73 Å². The van der Waals surface area contributed by atoms with Crippen molar-refractivity contribution in [3.05, 3.63) is 65.2 Å². The molecule has 0 spiro atoms. The molecule has 110 valence electrons. The van der Waals surface area contributed by atoms with Gasteiger partial charge in [0.25, 0.3) is 0 Å². The number of hydrogen-bond acceptors (Lipinski definition) is 2. The van der Waals surface area contributed by atoms with Gasteiger partial charge in [0.05, 0.1) is 0 Å². The summed E-state index contributed by atoms with van der Waals surface area (Å²) in [4.78, 5) is 2.60. The lowest BCUT2D eigenvalue weighted by atomic mass is 9.91. The quantitative estimate of drug-likeness (QED) is 0.875. The number of rotatable bonds is 3. The highest BCUT2D eigenvalue weighted by Gasteiger charge is 2.12. The van der Waals surface area contributed by atoms with Gasteiger partial charge >= 0.3 is 0 Å². The van der Waals surface area contributed by atoms with Gasteiger partial charge in [-0.15, -0.1) is 12.4 Å². The second-order valence-electron chi connectivity index (χ2n) is 5.21. The van der Waals surface area contributed by atoms with Crippen molar-refractivity contribution in [2.45, 2.75) is 29.6 Å². The van der Waals surface area contributed by atoms with E-state index in [1.807, 2.05) is 11.8 Å². The fourth-order valence-corrected chi connectivity index (χ4v) is 3.48. The first-order valence-corrected chi connectivity index (χ1v) is 7.85. The number of benzene rings is 2. The van der Waals surface area contributed by atoms with Crippen LogP contribution in [0.4, 0.5) is 0 Å². The molecular weight excluding hydrogens is 298 g/mol. The standard InChI is InChI=1S/C18H19NS.ClH/c1-13-5-7-16(8-6-13)20-17-9-10-18-14(11-17)3-2-4-15(18)12-19;/h4-11H,2-3,12,19H2,1H3;1H. The summed E-state index contributed by atoms with van der Waals surface area (Å²) in [5, 5.41) is 0. The fourth-order valence-electron chi connectivity index (χ4n) is 2.60. The third kappa shape index (κ3) is 3.70. The van der Waals surface area contributed by atoms with Crippen molar-refractivity contribution in [3.63, 3.8) is 0 Å². The molecule has 3 heteroatoms. The zero-order valence-electron chi connectivity index (χ0n) is 12.1. The molecule has 0 saturated carbocycles. The lowest BCUT2D eigenvalue weighted by molar-refractivity contribution is 0.960. The number of fused-ring (bicyclic) bond motifs is 1. The molecule has 0 radical (unpaired) electrons. The Kier molecular flexibility index (Phi) is 5.51. The first-order valence-electron chi connectivity index (χ1n) is 7.03. The lowest BCUT2D eigenvalue weighted by Crippen LogP contribution is -2.08. The van der Waals surface area contributed by atoms with Crippen LogP contribution >= 0.6 is 24.2 Å². The highest BCUT2D eigenvalue weighted by Crippen LogP contribution is 2.33. The van der Waals surface area contributed by atoms with Crippen LogP contribution < -0.4 is 5.73 Å². The van der Waals surface area contributed by atoms with Gasteiger partial charge in [-0.05, 0) is 60.7 Å². The van der Waals surface area contributed by atoms with Gasteiger partial charge in [-0.1, -0.05) is 41.6 Å². The van der Waals surface area contributed by atoms with E-state index in [1.165, 1.54) is 32.1 Å². The van der Waals surface area contributed by atoms with Gasteiger partial charge in [-0.2, -0.15) is 0 Å². The molecule has 3 rings (SSSR count). The molecule has 1 aliphatic carbocycles. The number of halogens is 1. The first kappa shape index (κ1) is 16.2. The highest BCUT2D eigenvalue weighted by atomic mass is 35.5. The topological polar surface area (TPSA) is 26.0 Å². The van der Waals surface area contributed by atoms with E-state index in [2.05, 4.69) is 55.5 Å². The van der Waals surface area contributed by atoms with Crippen molar-refractivity contribution in [3.8, 4) is 0 Å². The molecule has 0 fully saturated rings. The van der Waals surface area contributed by atoms with Crippen LogP contribution in [0.1, 0.15) is 23.1 Å². The minimum atomic E-state index is 0. The minimum absolute atomic E-state index is 0. The Labute approximate surface area is 137 Å². The van der Waals surface area contributed by atoms with Gasteiger partial charge in [0.15, 0.2) is 0 Å². The van der Waals surface area contributed by atoms with Crippen molar-refractivity contribution < 1.29 is 0 Å².